The van der Waals surface area contributed by atoms with Gasteiger partial charge in [-0.15, -0.1) is 0 Å². The number of amides is 2. The van der Waals surface area contributed by atoms with Crippen LogP contribution in [0.15, 0.2) is 30.3 Å². The number of carbonyl (C=O) groups is 2. The molecule has 0 radical (unpaired) electrons. The van der Waals surface area contributed by atoms with Crippen LogP contribution >= 0.6 is 0 Å². The lowest BCUT2D eigenvalue weighted by Crippen LogP contribution is -2.56. The van der Waals surface area contributed by atoms with Crippen LogP contribution in [-0.4, -0.2) is 53.3 Å². The molecular formula is C16H21N3O2. The van der Waals surface area contributed by atoms with Crippen molar-refractivity contribution in [2.45, 2.75) is 31.3 Å². The first-order chi connectivity index (χ1) is 10.1. The summed E-state index contributed by atoms with van der Waals surface area (Å²) in [5, 5.41) is 0. The van der Waals surface area contributed by atoms with Crippen molar-refractivity contribution in [2.24, 2.45) is 5.73 Å². The van der Waals surface area contributed by atoms with Gasteiger partial charge < -0.3 is 15.5 Å². The van der Waals surface area contributed by atoms with Crippen LogP contribution in [0.1, 0.15) is 18.4 Å². The molecule has 1 aromatic carbocycles. The zero-order chi connectivity index (χ0) is 14.8. The number of carbonyl (C=O) groups excluding carboxylic acids is 2. The summed E-state index contributed by atoms with van der Waals surface area (Å²) in [6.07, 6.45) is 2.03. The monoisotopic (exact) mass is 287 g/mol. The van der Waals surface area contributed by atoms with E-state index in [1.165, 1.54) is 0 Å². The molecule has 2 amide bonds. The molecule has 0 spiro atoms. The molecule has 1 aromatic rings. The first kappa shape index (κ1) is 14.1. The molecule has 2 fully saturated rings. The lowest BCUT2D eigenvalue weighted by molar-refractivity contribution is -0.139. The Kier molecular flexibility index (Phi) is 3.92. The largest absolute Gasteiger partial charge is 0.338 e. The predicted octanol–water partition coefficient (Wildman–Crippen LogP) is 0.390. The van der Waals surface area contributed by atoms with Crippen molar-refractivity contribution in [3.63, 3.8) is 0 Å². The van der Waals surface area contributed by atoms with E-state index in [9.17, 15) is 9.59 Å². The van der Waals surface area contributed by atoms with Gasteiger partial charge in [-0.25, -0.2) is 0 Å². The van der Waals surface area contributed by atoms with Gasteiger partial charge in [0.25, 0.3) is 0 Å². The van der Waals surface area contributed by atoms with E-state index in [0.717, 1.165) is 12.0 Å². The average molecular weight is 287 g/mol. The minimum atomic E-state index is -0.504. The van der Waals surface area contributed by atoms with Crippen molar-refractivity contribution in [3.8, 4) is 0 Å². The summed E-state index contributed by atoms with van der Waals surface area (Å²) < 4.78 is 0. The third-order valence-electron chi connectivity index (χ3n) is 4.42. The Morgan fingerprint density at radius 2 is 2.05 bits per heavy atom. The number of fused-ring (bicyclic) bond motifs is 1. The second kappa shape index (κ2) is 5.85. The van der Waals surface area contributed by atoms with E-state index in [4.69, 9.17) is 5.73 Å². The van der Waals surface area contributed by atoms with E-state index in [1.807, 2.05) is 40.1 Å². The second-order valence-electron chi connectivity index (χ2n) is 5.86. The van der Waals surface area contributed by atoms with Crippen LogP contribution in [0.3, 0.4) is 0 Å². The Balaban J connectivity index is 1.59. The molecule has 2 heterocycles. The molecule has 2 aliphatic rings. The van der Waals surface area contributed by atoms with E-state index >= 15 is 0 Å². The van der Waals surface area contributed by atoms with Crippen LogP contribution in [0.2, 0.25) is 0 Å². The van der Waals surface area contributed by atoms with Crippen molar-refractivity contribution < 1.29 is 9.59 Å². The first-order valence-electron chi connectivity index (χ1n) is 7.53. The number of nitrogens with two attached hydrogens (primary N) is 1. The Hall–Kier alpha value is -1.88. The van der Waals surface area contributed by atoms with Crippen molar-refractivity contribution in [3.05, 3.63) is 35.9 Å². The number of benzene rings is 1. The summed E-state index contributed by atoms with van der Waals surface area (Å²) in [5.74, 6) is 0.221. The molecular weight excluding hydrogens is 266 g/mol. The number of nitrogens with zero attached hydrogens (tertiary/aromatic N) is 2. The maximum atomic E-state index is 12.5. The van der Waals surface area contributed by atoms with Gasteiger partial charge in [0.05, 0.1) is 6.04 Å². The van der Waals surface area contributed by atoms with Gasteiger partial charge in [0.15, 0.2) is 0 Å². The zero-order valence-electron chi connectivity index (χ0n) is 12.1. The van der Waals surface area contributed by atoms with E-state index in [0.29, 0.717) is 32.5 Å². The summed E-state index contributed by atoms with van der Waals surface area (Å²) in [6.45, 7) is 1.88. The summed E-state index contributed by atoms with van der Waals surface area (Å²) >= 11 is 0. The fourth-order valence-corrected chi connectivity index (χ4v) is 3.25. The molecule has 2 aliphatic heterocycles. The van der Waals surface area contributed by atoms with Crippen LogP contribution in [-0.2, 0) is 16.0 Å². The first-order valence-corrected chi connectivity index (χ1v) is 7.53. The van der Waals surface area contributed by atoms with Gasteiger partial charge in [0, 0.05) is 32.1 Å². The van der Waals surface area contributed by atoms with Crippen LogP contribution in [0, 0.1) is 0 Å². The highest BCUT2D eigenvalue weighted by atomic mass is 16.2. The van der Waals surface area contributed by atoms with Gasteiger partial charge in [-0.1, -0.05) is 30.3 Å². The number of hydrogen-bond acceptors (Lipinski definition) is 3. The normalized spacial score (nSPS) is 23.1. The van der Waals surface area contributed by atoms with E-state index in [1.54, 1.807) is 0 Å². The SMILES string of the molecule is N[C@H](Cc1ccccc1)C(=O)N1CCN2C(=O)CCC2C1. The Morgan fingerprint density at radius 3 is 2.81 bits per heavy atom. The second-order valence-corrected chi connectivity index (χ2v) is 5.86. The molecule has 2 atom stereocenters. The summed E-state index contributed by atoms with van der Waals surface area (Å²) in [7, 11) is 0. The smallest absolute Gasteiger partial charge is 0.239 e. The molecule has 3 rings (SSSR count). The predicted molar refractivity (Wildman–Crippen MR) is 79.4 cm³/mol. The molecule has 112 valence electrons. The van der Waals surface area contributed by atoms with Gasteiger partial charge in [-0.2, -0.15) is 0 Å². The Labute approximate surface area is 124 Å². The molecule has 0 saturated carbocycles. The maximum Gasteiger partial charge on any atom is 0.239 e. The van der Waals surface area contributed by atoms with Crippen LogP contribution in [0.25, 0.3) is 0 Å². The Bertz CT molecular complexity index is 532. The van der Waals surface area contributed by atoms with Crippen LogP contribution < -0.4 is 5.73 Å². The van der Waals surface area contributed by atoms with Gasteiger partial charge >= 0.3 is 0 Å². The van der Waals surface area contributed by atoms with Crippen LogP contribution in [0.5, 0.6) is 0 Å². The molecule has 2 N–H and O–H groups in total. The minimum absolute atomic E-state index is 0.00199. The van der Waals surface area contributed by atoms with Crippen LogP contribution in [0.4, 0.5) is 0 Å². The molecule has 21 heavy (non-hydrogen) atoms. The quantitative estimate of drug-likeness (QED) is 0.874. The third kappa shape index (κ3) is 2.93. The van der Waals surface area contributed by atoms with Crippen molar-refractivity contribution in [1.82, 2.24) is 9.80 Å². The molecule has 2 saturated heterocycles. The van der Waals surface area contributed by atoms with Gasteiger partial charge in [-0.3, -0.25) is 9.59 Å². The maximum absolute atomic E-state index is 12.5. The number of rotatable bonds is 3. The summed E-state index contributed by atoms with van der Waals surface area (Å²) in [5.41, 5.74) is 7.15. The van der Waals surface area contributed by atoms with Gasteiger partial charge in [-0.05, 0) is 18.4 Å². The minimum Gasteiger partial charge on any atom is -0.338 e. The highest BCUT2D eigenvalue weighted by molar-refractivity contribution is 5.83. The highest BCUT2D eigenvalue weighted by Gasteiger charge is 2.37. The molecule has 1 unspecified atom stereocenters. The van der Waals surface area contributed by atoms with E-state index in [2.05, 4.69) is 0 Å². The van der Waals surface area contributed by atoms with Gasteiger partial charge in [0.1, 0.15) is 0 Å². The molecule has 5 heteroatoms. The van der Waals surface area contributed by atoms with Crippen molar-refractivity contribution in [1.29, 1.82) is 0 Å². The lowest BCUT2D eigenvalue weighted by Gasteiger charge is -2.38. The van der Waals surface area contributed by atoms with Crippen molar-refractivity contribution in [2.75, 3.05) is 19.6 Å². The van der Waals surface area contributed by atoms with Gasteiger partial charge in [0.2, 0.25) is 11.8 Å². The third-order valence-corrected chi connectivity index (χ3v) is 4.42. The lowest BCUT2D eigenvalue weighted by atomic mass is 10.0. The molecule has 0 aliphatic carbocycles. The topological polar surface area (TPSA) is 66.6 Å². The van der Waals surface area contributed by atoms with Crippen molar-refractivity contribution >= 4 is 11.8 Å². The van der Waals surface area contributed by atoms with E-state index in [-0.39, 0.29) is 17.9 Å². The van der Waals surface area contributed by atoms with E-state index < -0.39 is 6.04 Å². The standard InChI is InChI=1S/C16H21N3O2/c17-14(10-12-4-2-1-3-5-12)16(21)18-8-9-19-13(11-18)6-7-15(19)20/h1-5,13-14H,6-11,17H2/t13?,14-/m1/s1. The number of piperazine rings is 1. The summed E-state index contributed by atoms with van der Waals surface area (Å²) in [6, 6.07) is 9.52. The average Bonchev–Trinajstić information content (AvgIpc) is 2.88. The fourth-order valence-electron chi connectivity index (χ4n) is 3.25. The molecule has 0 aromatic heterocycles. The number of hydrogen-bond donors (Lipinski definition) is 1. The zero-order valence-corrected chi connectivity index (χ0v) is 12.1. The Morgan fingerprint density at radius 1 is 1.29 bits per heavy atom. The summed E-state index contributed by atoms with van der Waals surface area (Å²) in [4.78, 5) is 27.9. The molecule has 5 nitrogen and oxygen atoms in total. The highest BCUT2D eigenvalue weighted by Crippen LogP contribution is 2.23. The molecule has 0 bridgehead atoms. The fraction of sp³-hybridized carbons (Fsp3) is 0.500.